The number of rotatable bonds is 5. The molecule has 1 unspecified atom stereocenters. The number of carbonyl (C=O) groups is 1. The van der Waals surface area contributed by atoms with E-state index in [0.29, 0.717) is 5.56 Å². The number of hydrogen-bond donors (Lipinski definition) is 2. The Bertz CT molecular complexity index is 398. The Balaban J connectivity index is 2.60. The Hall–Kier alpha value is -1.23. The van der Waals surface area contributed by atoms with Gasteiger partial charge in [0.1, 0.15) is 5.82 Å². The van der Waals surface area contributed by atoms with E-state index in [1.807, 2.05) is 6.92 Å². The molecular formula is C12H17FN2OS. The summed E-state index contributed by atoms with van der Waals surface area (Å²) in [5.74, 6) is 1.03. The number of hydrogen-bond acceptors (Lipinski definition) is 3. The molecule has 0 saturated heterocycles. The largest absolute Gasteiger partial charge is 0.396 e. The van der Waals surface area contributed by atoms with Gasteiger partial charge in [0.2, 0.25) is 0 Å². The smallest absolute Gasteiger partial charge is 0.251 e. The third-order valence-electron chi connectivity index (χ3n) is 2.21. The maximum atomic E-state index is 13.2. The van der Waals surface area contributed by atoms with E-state index in [9.17, 15) is 9.18 Å². The molecule has 0 spiro atoms. The lowest BCUT2D eigenvalue weighted by atomic mass is 10.2. The number of anilines is 1. The SMILES string of the molecule is CCSCC(C)NC(=O)c1ccc(N)c(F)c1. The maximum Gasteiger partial charge on any atom is 0.251 e. The first-order chi connectivity index (χ1) is 8.04. The van der Waals surface area contributed by atoms with Crippen LogP contribution in [-0.4, -0.2) is 23.5 Å². The second kappa shape index (κ2) is 6.49. The van der Waals surface area contributed by atoms with Crippen molar-refractivity contribution >= 4 is 23.4 Å². The highest BCUT2D eigenvalue weighted by atomic mass is 32.2. The van der Waals surface area contributed by atoms with Crippen LogP contribution in [0.1, 0.15) is 24.2 Å². The van der Waals surface area contributed by atoms with E-state index >= 15 is 0 Å². The number of thioether (sulfide) groups is 1. The first-order valence-electron chi connectivity index (χ1n) is 5.48. The van der Waals surface area contributed by atoms with E-state index in [1.165, 1.54) is 12.1 Å². The van der Waals surface area contributed by atoms with Gasteiger partial charge in [0.15, 0.2) is 0 Å². The molecule has 1 aromatic rings. The fourth-order valence-corrected chi connectivity index (χ4v) is 1.98. The summed E-state index contributed by atoms with van der Waals surface area (Å²) in [7, 11) is 0. The van der Waals surface area contributed by atoms with Gasteiger partial charge >= 0.3 is 0 Å². The molecule has 0 heterocycles. The number of amides is 1. The summed E-state index contributed by atoms with van der Waals surface area (Å²) in [5, 5.41) is 2.81. The van der Waals surface area contributed by atoms with Crippen molar-refractivity contribution in [1.82, 2.24) is 5.32 Å². The minimum atomic E-state index is -0.562. The molecule has 0 aromatic heterocycles. The molecule has 1 atom stereocenters. The number of nitrogens with one attached hydrogen (secondary N) is 1. The standard InChI is InChI=1S/C12H17FN2OS/c1-3-17-7-8(2)15-12(16)9-4-5-11(14)10(13)6-9/h4-6,8H,3,7,14H2,1-2H3,(H,15,16). The second-order valence-corrected chi connectivity index (χ2v) is 5.09. The highest BCUT2D eigenvalue weighted by Gasteiger charge is 2.11. The second-order valence-electron chi connectivity index (χ2n) is 3.77. The molecule has 0 fully saturated rings. The molecule has 0 bridgehead atoms. The van der Waals surface area contributed by atoms with Crippen LogP contribution in [0.5, 0.6) is 0 Å². The molecule has 0 radical (unpaired) electrons. The van der Waals surface area contributed by atoms with Crippen molar-refractivity contribution in [2.45, 2.75) is 19.9 Å². The lowest BCUT2D eigenvalue weighted by Gasteiger charge is -2.13. The van der Waals surface area contributed by atoms with E-state index in [2.05, 4.69) is 12.2 Å². The van der Waals surface area contributed by atoms with E-state index in [4.69, 9.17) is 5.73 Å². The van der Waals surface area contributed by atoms with Crippen LogP contribution in [0.2, 0.25) is 0 Å². The van der Waals surface area contributed by atoms with Gasteiger partial charge in [-0.15, -0.1) is 0 Å². The number of halogens is 1. The molecule has 1 aromatic carbocycles. The van der Waals surface area contributed by atoms with Crippen LogP contribution in [0.3, 0.4) is 0 Å². The van der Waals surface area contributed by atoms with Gasteiger partial charge in [0.25, 0.3) is 5.91 Å². The first-order valence-corrected chi connectivity index (χ1v) is 6.63. The Morgan fingerprint density at radius 1 is 1.59 bits per heavy atom. The molecule has 0 aliphatic heterocycles. The maximum absolute atomic E-state index is 13.2. The fourth-order valence-electron chi connectivity index (χ4n) is 1.31. The molecule has 94 valence electrons. The summed E-state index contributed by atoms with van der Waals surface area (Å²) >= 11 is 1.75. The lowest BCUT2D eigenvalue weighted by molar-refractivity contribution is 0.0943. The van der Waals surface area contributed by atoms with Gasteiger partial charge < -0.3 is 11.1 Å². The molecule has 3 N–H and O–H groups in total. The van der Waals surface area contributed by atoms with Crippen LogP contribution in [0.15, 0.2) is 18.2 Å². The van der Waals surface area contributed by atoms with Gasteiger partial charge in [0.05, 0.1) is 5.69 Å². The normalized spacial score (nSPS) is 12.2. The summed E-state index contributed by atoms with van der Waals surface area (Å²) in [6.45, 7) is 3.99. The molecule has 3 nitrogen and oxygen atoms in total. The molecule has 0 saturated carbocycles. The number of nitrogens with two attached hydrogens (primary N) is 1. The highest BCUT2D eigenvalue weighted by Crippen LogP contribution is 2.12. The van der Waals surface area contributed by atoms with Gasteiger partial charge in [-0.05, 0) is 30.9 Å². The average molecular weight is 256 g/mol. The van der Waals surface area contributed by atoms with E-state index in [-0.39, 0.29) is 17.6 Å². The molecule has 1 amide bonds. The van der Waals surface area contributed by atoms with Gasteiger partial charge in [0, 0.05) is 17.4 Å². The zero-order valence-electron chi connectivity index (χ0n) is 10.00. The van der Waals surface area contributed by atoms with Crippen LogP contribution < -0.4 is 11.1 Å². The van der Waals surface area contributed by atoms with Crippen LogP contribution in [0, 0.1) is 5.82 Å². The van der Waals surface area contributed by atoms with Crippen LogP contribution in [-0.2, 0) is 0 Å². The molecule has 17 heavy (non-hydrogen) atoms. The average Bonchev–Trinajstić information content (AvgIpc) is 2.30. The van der Waals surface area contributed by atoms with Gasteiger partial charge in [-0.3, -0.25) is 4.79 Å². The Morgan fingerprint density at radius 2 is 2.29 bits per heavy atom. The zero-order valence-corrected chi connectivity index (χ0v) is 10.8. The number of benzene rings is 1. The lowest BCUT2D eigenvalue weighted by Crippen LogP contribution is -2.34. The summed E-state index contributed by atoms with van der Waals surface area (Å²) in [4.78, 5) is 11.8. The van der Waals surface area contributed by atoms with Crippen molar-refractivity contribution in [2.24, 2.45) is 0 Å². The predicted octanol–water partition coefficient (Wildman–Crippen LogP) is 2.28. The van der Waals surface area contributed by atoms with E-state index in [0.717, 1.165) is 17.6 Å². The molecular weight excluding hydrogens is 239 g/mol. The van der Waals surface area contributed by atoms with E-state index in [1.54, 1.807) is 11.8 Å². The summed E-state index contributed by atoms with van der Waals surface area (Å²) in [6, 6.07) is 4.14. The Morgan fingerprint density at radius 3 is 2.88 bits per heavy atom. The van der Waals surface area contributed by atoms with Crippen molar-refractivity contribution in [3.63, 3.8) is 0 Å². The third kappa shape index (κ3) is 4.26. The monoisotopic (exact) mass is 256 g/mol. The Kier molecular flexibility index (Phi) is 5.28. The molecule has 1 rings (SSSR count). The summed E-state index contributed by atoms with van der Waals surface area (Å²) < 4.78 is 13.2. The quantitative estimate of drug-likeness (QED) is 0.795. The van der Waals surface area contributed by atoms with Crippen molar-refractivity contribution in [2.75, 3.05) is 17.2 Å². The molecule has 0 aliphatic carbocycles. The third-order valence-corrected chi connectivity index (χ3v) is 3.36. The molecule has 0 aliphatic rings. The summed E-state index contributed by atoms with van der Waals surface area (Å²) in [6.07, 6.45) is 0. The van der Waals surface area contributed by atoms with Crippen molar-refractivity contribution < 1.29 is 9.18 Å². The zero-order chi connectivity index (χ0) is 12.8. The van der Waals surface area contributed by atoms with Crippen molar-refractivity contribution in [3.8, 4) is 0 Å². The highest BCUT2D eigenvalue weighted by molar-refractivity contribution is 7.99. The number of carbonyl (C=O) groups excluding carboxylic acids is 1. The van der Waals surface area contributed by atoms with Gasteiger partial charge in [-0.2, -0.15) is 11.8 Å². The first kappa shape index (κ1) is 13.8. The predicted molar refractivity (Wildman–Crippen MR) is 70.7 cm³/mol. The fraction of sp³-hybridized carbons (Fsp3) is 0.417. The van der Waals surface area contributed by atoms with E-state index < -0.39 is 5.82 Å². The van der Waals surface area contributed by atoms with Crippen molar-refractivity contribution in [3.05, 3.63) is 29.6 Å². The van der Waals surface area contributed by atoms with Crippen LogP contribution in [0.25, 0.3) is 0 Å². The summed E-state index contributed by atoms with van der Waals surface area (Å²) in [5.41, 5.74) is 5.69. The van der Waals surface area contributed by atoms with Crippen LogP contribution in [0.4, 0.5) is 10.1 Å². The minimum absolute atomic E-state index is 0.0520. The van der Waals surface area contributed by atoms with Crippen LogP contribution >= 0.6 is 11.8 Å². The van der Waals surface area contributed by atoms with Gasteiger partial charge in [-0.1, -0.05) is 6.92 Å². The minimum Gasteiger partial charge on any atom is -0.396 e. The van der Waals surface area contributed by atoms with Crippen molar-refractivity contribution in [1.29, 1.82) is 0 Å². The number of nitrogen functional groups attached to an aromatic ring is 1. The molecule has 5 heteroatoms. The Labute approximate surface area is 105 Å². The van der Waals surface area contributed by atoms with Gasteiger partial charge in [-0.25, -0.2) is 4.39 Å². The topological polar surface area (TPSA) is 55.1 Å².